The lowest BCUT2D eigenvalue weighted by atomic mass is 10.2. The molecule has 0 amide bonds. The minimum absolute atomic E-state index is 0.174. The molecule has 2 aromatic carbocycles. The first-order valence-corrected chi connectivity index (χ1v) is 7.98. The zero-order valence-corrected chi connectivity index (χ0v) is 12.5. The van der Waals surface area contributed by atoms with Crippen molar-refractivity contribution >= 4 is 15.7 Å². The molecular weight excluding hydrogens is 291 g/mol. The summed E-state index contributed by atoms with van der Waals surface area (Å²) in [6, 6.07) is 12.3. The van der Waals surface area contributed by atoms with Gasteiger partial charge in [0.05, 0.1) is 0 Å². The number of nitrogens with zero attached hydrogens (tertiary/aromatic N) is 1. The monoisotopic (exact) mass is 308 g/mol. The van der Waals surface area contributed by atoms with E-state index in [0.29, 0.717) is 5.69 Å². The quantitative estimate of drug-likeness (QED) is 0.864. The number of nitrogen functional groups attached to an aromatic ring is 1. The summed E-state index contributed by atoms with van der Waals surface area (Å²) in [6.07, 6.45) is 0. The summed E-state index contributed by atoms with van der Waals surface area (Å²) in [7, 11) is -3.86. The molecule has 4 nitrogen and oxygen atoms in total. The fourth-order valence-corrected chi connectivity index (χ4v) is 3.49. The van der Waals surface area contributed by atoms with E-state index < -0.39 is 15.8 Å². The first-order chi connectivity index (χ1) is 9.95. The highest BCUT2D eigenvalue weighted by Crippen LogP contribution is 2.21. The van der Waals surface area contributed by atoms with Crippen LogP contribution in [0.4, 0.5) is 10.1 Å². The Balaban J connectivity index is 2.32. The largest absolute Gasteiger partial charge is 0.399 e. The van der Waals surface area contributed by atoms with E-state index in [0.717, 1.165) is 11.6 Å². The lowest BCUT2D eigenvalue weighted by molar-refractivity contribution is 0.419. The SMILES string of the molecule is CCN(Cc1ccc(N)cc1)S(=O)(=O)c1ccccc1F. The molecule has 2 rings (SSSR count). The summed E-state index contributed by atoms with van der Waals surface area (Å²) < 4.78 is 40.0. The van der Waals surface area contributed by atoms with Crippen LogP contribution >= 0.6 is 0 Å². The number of nitrogens with two attached hydrogens (primary N) is 1. The van der Waals surface area contributed by atoms with E-state index in [1.165, 1.54) is 22.5 Å². The van der Waals surface area contributed by atoms with E-state index in [-0.39, 0.29) is 18.0 Å². The summed E-state index contributed by atoms with van der Waals surface area (Å²) in [4.78, 5) is -0.303. The number of halogens is 1. The average molecular weight is 308 g/mol. The lowest BCUT2D eigenvalue weighted by Gasteiger charge is -2.21. The number of benzene rings is 2. The van der Waals surface area contributed by atoms with Gasteiger partial charge in [0.2, 0.25) is 10.0 Å². The van der Waals surface area contributed by atoms with Gasteiger partial charge in [0.25, 0.3) is 0 Å². The summed E-state index contributed by atoms with van der Waals surface area (Å²) in [6.45, 7) is 2.14. The predicted molar refractivity (Wildman–Crippen MR) is 80.5 cm³/mol. The van der Waals surface area contributed by atoms with E-state index in [1.807, 2.05) is 0 Å². The zero-order valence-electron chi connectivity index (χ0n) is 11.7. The maximum Gasteiger partial charge on any atom is 0.246 e. The van der Waals surface area contributed by atoms with Gasteiger partial charge in [-0.2, -0.15) is 4.31 Å². The Morgan fingerprint density at radius 1 is 1.10 bits per heavy atom. The van der Waals surface area contributed by atoms with Crippen molar-refractivity contribution in [1.29, 1.82) is 0 Å². The topological polar surface area (TPSA) is 63.4 Å². The molecule has 112 valence electrons. The minimum atomic E-state index is -3.86. The van der Waals surface area contributed by atoms with Crippen LogP contribution in [0.1, 0.15) is 12.5 Å². The number of rotatable bonds is 5. The van der Waals surface area contributed by atoms with Crippen molar-refractivity contribution in [2.75, 3.05) is 12.3 Å². The number of hydrogen-bond donors (Lipinski definition) is 1. The zero-order chi connectivity index (χ0) is 15.5. The van der Waals surface area contributed by atoms with Crippen LogP contribution in [0.25, 0.3) is 0 Å². The molecule has 0 bridgehead atoms. The van der Waals surface area contributed by atoms with Crippen LogP contribution in [0.2, 0.25) is 0 Å². The third-order valence-corrected chi connectivity index (χ3v) is 5.10. The molecule has 2 aromatic rings. The first kappa shape index (κ1) is 15.5. The Bertz CT molecular complexity index is 715. The summed E-state index contributed by atoms with van der Waals surface area (Å²) in [5.41, 5.74) is 7.01. The van der Waals surface area contributed by atoms with Crippen molar-refractivity contribution in [2.45, 2.75) is 18.4 Å². The molecule has 0 saturated carbocycles. The molecule has 0 aliphatic carbocycles. The van der Waals surface area contributed by atoms with Crippen molar-refractivity contribution in [3.63, 3.8) is 0 Å². The van der Waals surface area contributed by atoms with Gasteiger partial charge in [0.15, 0.2) is 0 Å². The van der Waals surface area contributed by atoms with E-state index in [9.17, 15) is 12.8 Å². The van der Waals surface area contributed by atoms with E-state index in [4.69, 9.17) is 5.73 Å². The average Bonchev–Trinajstić information content (AvgIpc) is 2.46. The second-order valence-electron chi connectivity index (χ2n) is 4.60. The third kappa shape index (κ3) is 3.40. The molecular formula is C15H17FN2O2S. The Morgan fingerprint density at radius 2 is 1.71 bits per heavy atom. The van der Waals surface area contributed by atoms with Crippen molar-refractivity contribution in [1.82, 2.24) is 4.31 Å². The third-order valence-electron chi connectivity index (χ3n) is 3.15. The maximum atomic E-state index is 13.8. The minimum Gasteiger partial charge on any atom is -0.399 e. The van der Waals surface area contributed by atoms with Crippen LogP contribution in [0.5, 0.6) is 0 Å². The Labute approximate surface area is 124 Å². The Morgan fingerprint density at radius 3 is 2.29 bits per heavy atom. The second kappa shape index (κ2) is 6.24. The standard InChI is InChI=1S/C15H17FN2O2S/c1-2-18(11-12-7-9-13(17)10-8-12)21(19,20)15-6-4-3-5-14(15)16/h3-10H,2,11,17H2,1H3. The van der Waals surface area contributed by atoms with Gasteiger partial charge in [-0.25, -0.2) is 12.8 Å². The Hall–Kier alpha value is -1.92. The van der Waals surface area contributed by atoms with Crippen molar-refractivity contribution in [3.05, 3.63) is 59.9 Å². The van der Waals surface area contributed by atoms with Crippen molar-refractivity contribution in [3.8, 4) is 0 Å². The number of anilines is 1. The smallest absolute Gasteiger partial charge is 0.246 e. The summed E-state index contributed by atoms with van der Waals surface area (Å²) in [5, 5.41) is 0. The second-order valence-corrected chi connectivity index (χ2v) is 6.51. The van der Waals surface area contributed by atoms with Crippen molar-refractivity contribution in [2.24, 2.45) is 0 Å². The molecule has 6 heteroatoms. The number of sulfonamides is 1. The molecule has 0 aliphatic rings. The van der Waals surface area contributed by atoms with Gasteiger partial charge in [0.1, 0.15) is 10.7 Å². The van der Waals surface area contributed by atoms with Crippen LogP contribution < -0.4 is 5.73 Å². The van der Waals surface area contributed by atoms with Gasteiger partial charge in [-0.05, 0) is 29.8 Å². The molecule has 2 N–H and O–H groups in total. The van der Waals surface area contributed by atoms with Crippen LogP contribution in [0.3, 0.4) is 0 Å². The molecule has 0 saturated heterocycles. The van der Waals surface area contributed by atoms with Gasteiger partial charge < -0.3 is 5.73 Å². The maximum absolute atomic E-state index is 13.8. The highest BCUT2D eigenvalue weighted by molar-refractivity contribution is 7.89. The first-order valence-electron chi connectivity index (χ1n) is 6.54. The molecule has 0 aliphatic heterocycles. The highest BCUT2D eigenvalue weighted by Gasteiger charge is 2.26. The molecule has 0 unspecified atom stereocenters. The van der Waals surface area contributed by atoms with Crippen molar-refractivity contribution < 1.29 is 12.8 Å². The molecule has 0 aromatic heterocycles. The van der Waals surface area contributed by atoms with E-state index in [1.54, 1.807) is 31.2 Å². The number of hydrogen-bond acceptors (Lipinski definition) is 3. The molecule has 21 heavy (non-hydrogen) atoms. The van der Waals surface area contributed by atoms with Gasteiger partial charge in [-0.15, -0.1) is 0 Å². The summed E-state index contributed by atoms with van der Waals surface area (Å²) >= 11 is 0. The molecule has 0 spiro atoms. The molecule has 0 radical (unpaired) electrons. The fourth-order valence-electron chi connectivity index (χ4n) is 1.99. The molecule has 0 fully saturated rings. The van der Waals surface area contributed by atoms with Crippen LogP contribution in [0, 0.1) is 5.82 Å². The van der Waals surface area contributed by atoms with Crippen LogP contribution in [0.15, 0.2) is 53.4 Å². The van der Waals surface area contributed by atoms with Gasteiger partial charge in [-0.1, -0.05) is 31.2 Å². The summed E-state index contributed by atoms with van der Waals surface area (Å²) in [5.74, 6) is -0.742. The predicted octanol–water partition coefficient (Wildman–Crippen LogP) is 2.62. The Kier molecular flexibility index (Phi) is 4.59. The normalized spacial score (nSPS) is 11.8. The van der Waals surface area contributed by atoms with Gasteiger partial charge in [-0.3, -0.25) is 0 Å². The molecule has 0 atom stereocenters. The van der Waals surface area contributed by atoms with Crippen LogP contribution in [-0.4, -0.2) is 19.3 Å². The van der Waals surface area contributed by atoms with Gasteiger partial charge in [0, 0.05) is 18.8 Å². The lowest BCUT2D eigenvalue weighted by Crippen LogP contribution is -2.31. The van der Waals surface area contributed by atoms with Crippen LogP contribution in [-0.2, 0) is 16.6 Å². The van der Waals surface area contributed by atoms with Gasteiger partial charge >= 0.3 is 0 Å². The highest BCUT2D eigenvalue weighted by atomic mass is 32.2. The fraction of sp³-hybridized carbons (Fsp3) is 0.200. The van der Waals surface area contributed by atoms with E-state index in [2.05, 4.69) is 0 Å². The molecule has 0 heterocycles. The van der Waals surface area contributed by atoms with E-state index >= 15 is 0 Å².